The maximum absolute atomic E-state index is 6.18. The van der Waals surface area contributed by atoms with Gasteiger partial charge in [-0.2, -0.15) is 0 Å². The van der Waals surface area contributed by atoms with Gasteiger partial charge in [-0.15, -0.1) is 0 Å². The normalized spacial score (nSPS) is 10.9. The monoisotopic (exact) mass is 242 g/mol. The van der Waals surface area contributed by atoms with Gasteiger partial charge in [0.25, 0.3) is 0 Å². The standard InChI is InChI=1S/C14H11ClN2/c15-13-10-17(9-11-5-2-1-3-6-11)14-12(13)7-4-8-16-14/h1-8,10H,9H2. The highest BCUT2D eigenvalue weighted by Crippen LogP contribution is 2.24. The Labute approximate surface area is 104 Å². The lowest BCUT2D eigenvalue weighted by atomic mass is 10.2. The highest BCUT2D eigenvalue weighted by Gasteiger charge is 2.07. The largest absolute Gasteiger partial charge is 0.327 e. The molecule has 84 valence electrons. The van der Waals surface area contributed by atoms with Gasteiger partial charge >= 0.3 is 0 Å². The van der Waals surface area contributed by atoms with E-state index in [9.17, 15) is 0 Å². The molecule has 3 aromatic rings. The lowest BCUT2D eigenvalue weighted by Gasteiger charge is -2.04. The summed E-state index contributed by atoms with van der Waals surface area (Å²) in [6, 6.07) is 14.2. The molecule has 3 heteroatoms. The maximum Gasteiger partial charge on any atom is 0.141 e. The van der Waals surface area contributed by atoms with E-state index < -0.39 is 0 Å². The highest BCUT2D eigenvalue weighted by molar-refractivity contribution is 6.35. The first kappa shape index (κ1) is 10.4. The Balaban J connectivity index is 2.07. The molecule has 0 spiro atoms. The number of benzene rings is 1. The van der Waals surface area contributed by atoms with Crippen LogP contribution in [0.5, 0.6) is 0 Å². The molecule has 0 saturated carbocycles. The number of fused-ring (bicyclic) bond motifs is 1. The van der Waals surface area contributed by atoms with Crippen molar-refractivity contribution < 1.29 is 0 Å². The van der Waals surface area contributed by atoms with E-state index in [1.54, 1.807) is 6.20 Å². The summed E-state index contributed by atoms with van der Waals surface area (Å²) in [6.45, 7) is 0.793. The molecular formula is C14H11ClN2. The third-order valence-electron chi connectivity index (χ3n) is 2.78. The van der Waals surface area contributed by atoms with Crippen molar-refractivity contribution in [2.24, 2.45) is 0 Å². The van der Waals surface area contributed by atoms with Crippen LogP contribution >= 0.6 is 11.6 Å². The van der Waals surface area contributed by atoms with Crippen LogP contribution in [0, 0.1) is 0 Å². The number of hydrogen-bond acceptors (Lipinski definition) is 1. The Bertz CT molecular complexity index is 644. The first-order chi connectivity index (χ1) is 8.34. The summed E-state index contributed by atoms with van der Waals surface area (Å²) in [4.78, 5) is 4.38. The molecule has 0 N–H and O–H groups in total. The minimum Gasteiger partial charge on any atom is -0.327 e. The van der Waals surface area contributed by atoms with Crippen molar-refractivity contribution in [1.82, 2.24) is 9.55 Å². The fraction of sp³-hybridized carbons (Fsp3) is 0.0714. The predicted octanol–water partition coefficient (Wildman–Crippen LogP) is 3.74. The van der Waals surface area contributed by atoms with E-state index >= 15 is 0 Å². The van der Waals surface area contributed by atoms with Gasteiger partial charge in [-0.1, -0.05) is 41.9 Å². The van der Waals surface area contributed by atoms with Gasteiger partial charge in [-0.3, -0.25) is 0 Å². The van der Waals surface area contributed by atoms with Crippen LogP contribution in [-0.4, -0.2) is 9.55 Å². The number of pyridine rings is 1. The van der Waals surface area contributed by atoms with Gasteiger partial charge in [0, 0.05) is 24.3 Å². The van der Waals surface area contributed by atoms with Gasteiger partial charge in [0.15, 0.2) is 0 Å². The Hall–Kier alpha value is -1.80. The van der Waals surface area contributed by atoms with Crippen LogP contribution in [0.15, 0.2) is 54.9 Å². The molecule has 0 saturated heterocycles. The van der Waals surface area contributed by atoms with Crippen molar-refractivity contribution >= 4 is 22.6 Å². The van der Waals surface area contributed by atoms with Gasteiger partial charge < -0.3 is 4.57 Å². The van der Waals surface area contributed by atoms with E-state index in [1.807, 2.05) is 36.5 Å². The molecule has 0 radical (unpaired) electrons. The van der Waals surface area contributed by atoms with Gasteiger partial charge in [0.2, 0.25) is 0 Å². The van der Waals surface area contributed by atoms with Crippen molar-refractivity contribution in [2.75, 3.05) is 0 Å². The molecule has 0 bridgehead atoms. The molecule has 0 unspecified atom stereocenters. The molecule has 0 aliphatic carbocycles. The SMILES string of the molecule is Clc1cn(Cc2ccccc2)c2ncccc12. The molecule has 1 aromatic carbocycles. The van der Waals surface area contributed by atoms with Crippen molar-refractivity contribution in [1.29, 1.82) is 0 Å². The fourth-order valence-electron chi connectivity index (χ4n) is 1.98. The number of halogens is 1. The molecule has 3 rings (SSSR count). The number of hydrogen-bond donors (Lipinski definition) is 0. The number of nitrogens with zero attached hydrogens (tertiary/aromatic N) is 2. The maximum atomic E-state index is 6.18. The summed E-state index contributed by atoms with van der Waals surface area (Å²) < 4.78 is 2.08. The average Bonchev–Trinajstić information content (AvgIpc) is 2.69. The van der Waals surface area contributed by atoms with Crippen molar-refractivity contribution in [3.63, 3.8) is 0 Å². The lowest BCUT2D eigenvalue weighted by Crippen LogP contribution is -1.98. The van der Waals surface area contributed by atoms with Crippen LogP contribution in [0.25, 0.3) is 11.0 Å². The van der Waals surface area contributed by atoms with Crippen LogP contribution in [0.3, 0.4) is 0 Å². The average molecular weight is 243 g/mol. The Kier molecular flexibility index (Phi) is 2.57. The molecule has 2 nitrogen and oxygen atoms in total. The first-order valence-corrected chi connectivity index (χ1v) is 5.86. The lowest BCUT2D eigenvalue weighted by molar-refractivity contribution is 0.825. The van der Waals surface area contributed by atoms with Crippen LogP contribution in [0.2, 0.25) is 5.02 Å². The van der Waals surface area contributed by atoms with Crippen LogP contribution in [0.1, 0.15) is 5.56 Å². The summed E-state index contributed by atoms with van der Waals surface area (Å²) in [6.07, 6.45) is 3.73. The molecule has 0 amide bonds. The van der Waals surface area contributed by atoms with E-state index in [2.05, 4.69) is 21.7 Å². The summed E-state index contributed by atoms with van der Waals surface area (Å²) in [5.41, 5.74) is 2.17. The van der Waals surface area contributed by atoms with Gasteiger partial charge in [-0.25, -0.2) is 4.98 Å². The Morgan fingerprint density at radius 3 is 2.71 bits per heavy atom. The minimum absolute atomic E-state index is 0.754. The molecule has 2 aromatic heterocycles. The summed E-state index contributed by atoms with van der Waals surface area (Å²) in [5, 5.41) is 1.76. The zero-order chi connectivity index (χ0) is 11.7. The van der Waals surface area contributed by atoms with E-state index in [1.165, 1.54) is 5.56 Å². The number of aromatic nitrogens is 2. The third-order valence-corrected chi connectivity index (χ3v) is 3.08. The topological polar surface area (TPSA) is 17.8 Å². The second-order valence-electron chi connectivity index (χ2n) is 3.97. The van der Waals surface area contributed by atoms with Crippen molar-refractivity contribution in [3.05, 3.63) is 65.4 Å². The Morgan fingerprint density at radius 1 is 1.06 bits per heavy atom. The van der Waals surface area contributed by atoms with Crippen molar-refractivity contribution in [2.45, 2.75) is 6.54 Å². The van der Waals surface area contributed by atoms with E-state index in [0.29, 0.717) is 0 Å². The van der Waals surface area contributed by atoms with Gasteiger partial charge in [0.05, 0.1) is 5.02 Å². The van der Waals surface area contributed by atoms with Gasteiger partial charge in [0.1, 0.15) is 5.65 Å². The zero-order valence-corrected chi connectivity index (χ0v) is 9.93. The first-order valence-electron chi connectivity index (χ1n) is 5.48. The van der Waals surface area contributed by atoms with Gasteiger partial charge in [-0.05, 0) is 17.7 Å². The van der Waals surface area contributed by atoms with E-state index in [0.717, 1.165) is 22.6 Å². The van der Waals surface area contributed by atoms with Crippen LogP contribution in [0.4, 0.5) is 0 Å². The van der Waals surface area contributed by atoms with E-state index in [-0.39, 0.29) is 0 Å². The number of rotatable bonds is 2. The molecule has 0 fully saturated rings. The predicted molar refractivity (Wildman–Crippen MR) is 70.3 cm³/mol. The van der Waals surface area contributed by atoms with E-state index in [4.69, 9.17) is 11.6 Å². The quantitative estimate of drug-likeness (QED) is 0.669. The second kappa shape index (κ2) is 4.22. The van der Waals surface area contributed by atoms with Crippen LogP contribution in [-0.2, 0) is 6.54 Å². The minimum atomic E-state index is 0.754. The summed E-state index contributed by atoms with van der Waals surface area (Å²) >= 11 is 6.18. The highest BCUT2D eigenvalue weighted by atomic mass is 35.5. The van der Waals surface area contributed by atoms with Crippen molar-refractivity contribution in [3.8, 4) is 0 Å². The molecule has 17 heavy (non-hydrogen) atoms. The summed E-state index contributed by atoms with van der Waals surface area (Å²) in [7, 11) is 0. The zero-order valence-electron chi connectivity index (χ0n) is 9.18. The molecular weight excluding hydrogens is 232 g/mol. The smallest absolute Gasteiger partial charge is 0.141 e. The molecule has 0 aliphatic heterocycles. The third kappa shape index (κ3) is 1.92. The fourth-order valence-corrected chi connectivity index (χ4v) is 2.25. The molecule has 0 atom stereocenters. The molecule has 2 heterocycles. The second-order valence-corrected chi connectivity index (χ2v) is 4.37. The molecule has 0 aliphatic rings. The summed E-state index contributed by atoms with van der Waals surface area (Å²) in [5.74, 6) is 0. The van der Waals surface area contributed by atoms with Crippen LogP contribution < -0.4 is 0 Å². The Morgan fingerprint density at radius 2 is 1.88 bits per heavy atom.